The number of pyridine rings is 2. The molecule has 0 amide bonds. The highest BCUT2D eigenvalue weighted by atomic mass is 15.2. The number of hydrogen-bond donors (Lipinski definition) is 1. The maximum atomic E-state index is 4.57. The molecular weight excluding hydrogens is 312 g/mol. The standard InChI is InChI=1S/C19H24N6/c1-24-7-8-25(13-17-10-20-14-23-17)12-15(11-24)9-16-4-6-21-18-3-2-5-22-19(16)18/h2-6,10,14-15H,7-9,11-13H2,1H3,(H,20,23). The number of nitrogens with one attached hydrogen (secondary N) is 1. The third kappa shape index (κ3) is 3.86. The van der Waals surface area contributed by atoms with E-state index in [9.17, 15) is 0 Å². The number of fused-ring (bicyclic) bond motifs is 1. The fourth-order valence-corrected chi connectivity index (χ4v) is 3.75. The summed E-state index contributed by atoms with van der Waals surface area (Å²) in [6.07, 6.45) is 8.47. The van der Waals surface area contributed by atoms with Gasteiger partial charge in [0, 0.05) is 57.0 Å². The molecule has 0 aliphatic carbocycles. The molecule has 1 aliphatic rings. The Hall–Kier alpha value is -2.31. The Labute approximate surface area is 147 Å². The van der Waals surface area contributed by atoms with Crippen molar-refractivity contribution >= 4 is 11.0 Å². The first kappa shape index (κ1) is 16.2. The lowest BCUT2D eigenvalue weighted by Gasteiger charge is -2.23. The van der Waals surface area contributed by atoms with Gasteiger partial charge in [-0.1, -0.05) is 0 Å². The molecule has 6 heteroatoms. The summed E-state index contributed by atoms with van der Waals surface area (Å²) in [5, 5.41) is 0. The summed E-state index contributed by atoms with van der Waals surface area (Å²) >= 11 is 0. The molecule has 0 saturated carbocycles. The van der Waals surface area contributed by atoms with Gasteiger partial charge in [0.1, 0.15) is 0 Å². The van der Waals surface area contributed by atoms with E-state index in [4.69, 9.17) is 0 Å². The van der Waals surface area contributed by atoms with E-state index < -0.39 is 0 Å². The average Bonchev–Trinajstić information content (AvgIpc) is 3.06. The van der Waals surface area contributed by atoms with Crippen LogP contribution >= 0.6 is 0 Å². The maximum absolute atomic E-state index is 4.57. The van der Waals surface area contributed by atoms with Crippen molar-refractivity contribution in [3.8, 4) is 0 Å². The number of likely N-dealkylation sites (N-methyl/N-ethyl adjacent to an activating group) is 1. The molecule has 130 valence electrons. The van der Waals surface area contributed by atoms with Gasteiger partial charge in [0.2, 0.25) is 0 Å². The normalized spacial score (nSPS) is 20.0. The van der Waals surface area contributed by atoms with Gasteiger partial charge < -0.3 is 9.88 Å². The monoisotopic (exact) mass is 336 g/mol. The third-order valence-corrected chi connectivity index (χ3v) is 4.92. The van der Waals surface area contributed by atoms with Crippen molar-refractivity contribution in [2.75, 3.05) is 33.2 Å². The number of aromatic amines is 1. The van der Waals surface area contributed by atoms with Gasteiger partial charge in [0.25, 0.3) is 0 Å². The van der Waals surface area contributed by atoms with Crippen molar-refractivity contribution in [2.45, 2.75) is 13.0 Å². The van der Waals surface area contributed by atoms with Crippen molar-refractivity contribution in [3.63, 3.8) is 0 Å². The van der Waals surface area contributed by atoms with Crippen LogP contribution in [0.3, 0.4) is 0 Å². The molecule has 1 atom stereocenters. The quantitative estimate of drug-likeness (QED) is 0.789. The van der Waals surface area contributed by atoms with Crippen molar-refractivity contribution in [1.82, 2.24) is 29.7 Å². The van der Waals surface area contributed by atoms with Crippen LogP contribution in [0.25, 0.3) is 11.0 Å². The van der Waals surface area contributed by atoms with E-state index in [1.807, 2.05) is 30.7 Å². The zero-order valence-corrected chi connectivity index (χ0v) is 14.6. The van der Waals surface area contributed by atoms with Crippen molar-refractivity contribution in [3.05, 3.63) is 54.4 Å². The Morgan fingerprint density at radius 2 is 2.12 bits per heavy atom. The molecular formula is C19H24N6. The van der Waals surface area contributed by atoms with E-state index in [1.54, 1.807) is 6.33 Å². The van der Waals surface area contributed by atoms with E-state index in [0.717, 1.165) is 50.2 Å². The van der Waals surface area contributed by atoms with E-state index in [2.05, 4.69) is 42.8 Å². The second-order valence-electron chi connectivity index (χ2n) is 6.99. The second-order valence-corrected chi connectivity index (χ2v) is 6.99. The van der Waals surface area contributed by atoms with Crippen molar-refractivity contribution < 1.29 is 0 Å². The van der Waals surface area contributed by atoms with Gasteiger partial charge in [0.15, 0.2) is 0 Å². The average molecular weight is 336 g/mol. The molecule has 0 aromatic carbocycles. The molecule has 4 rings (SSSR count). The summed E-state index contributed by atoms with van der Waals surface area (Å²) < 4.78 is 0. The van der Waals surface area contributed by atoms with Crippen LogP contribution in [-0.4, -0.2) is 63.0 Å². The highest BCUT2D eigenvalue weighted by molar-refractivity contribution is 5.77. The minimum Gasteiger partial charge on any atom is -0.347 e. The SMILES string of the molecule is CN1CCN(Cc2cnc[nH]2)CC(Cc2ccnc3cccnc23)C1. The Kier molecular flexibility index (Phi) is 4.72. The van der Waals surface area contributed by atoms with E-state index in [1.165, 1.54) is 11.3 Å². The fourth-order valence-electron chi connectivity index (χ4n) is 3.75. The fraction of sp³-hybridized carbons (Fsp3) is 0.421. The highest BCUT2D eigenvalue weighted by Gasteiger charge is 2.22. The van der Waals surface area contributed by atoms with Gasteiger partial charge in [-0.05, 0) is 43.1 Å². The first-order chi connectivity index (χ1) is 12.3. The van der Waals surface area contributed by atoms with Gasteiger partial charge in [-0.25, -0.2) is 4.98 Å². The van der Waals surface area contributed by atoms with E-state index >= 15 is 0 Å². The molecule has 1 N–H and O–H groups in total. The molecule has 1 aliphatic heterocycles. The number of H-pyrrole nitrogens is 1. The van der Waals surface area contributed by atoms with Crippen LogP contribution < -0.4 is 0 Å². The molecule has 0 radical (unpaired) electrons. The number of hydrogen-bond acceptors (Lipinski definition) is 5. The van der Waals surface area contributed by atoms with E-state index in [0.29, 0.717) is 5.92 Å². The lowest BCUT2D eigenvalue weighted by Crippen LogP contribution is -2.30. The Balaban J connectivity index is 1.53. The smallest absolute Gasteiger partial charge is 0.0922 e. The van der Waals surface area contributed by atoms with E-state index in [-0.39, 0.29) is 0 Å². The van der Waals surface area contributed by atoms with Gasteiger partial charge in [-0.2, -0.15) is 0 Å². The molecule has 0 bridgehead atoms. The van der Waals surface area contributed by atoms with Gasteiger partial charge in [-0.15, -0.1) is 0 Å². The first-order valence-electron chi connectivity index (χ1n) is 8.84. The molecule has 0 spiro atoms. The summed E-state index contributed by atoms with van der Waals surface area (Å²) in [7, 11) is 2.22. The highest BCUT2D eigenvalue weighted by Crippen LogP contribution is 2.20. The third-order valence-electron chi connectivity index (χ3n) is 4.92. The first-order valence-corrected chi connectivity index (χ1v) is 8.84. The topological polar surface area (TPSA) is 60.9 Å². The summed E-state index contributed by atoms with van der Waals surface area (Å²) in [6.45, 7) is 5.30. The number of imidazole rings is 1. The van der Waals surface area contributed by atoms with Crippen LogP contribution in [0.15, 0.2) is 43.1 Å². The molecule has 1 fully saturated rings. The zero-order chi connectivity index (χ0) is 17.1. The van der Waals surface area contributed by atoms with Crippen LogP contribution in [0.1, 0.15) is 11.3 Å². The predicted octanol–water partition coefficient (Wildman–Crippen LogP) is 1.96. The van der Waals surface area contributed by atoms with Gasteiger partial charge in [-0.3, -0.25) is 14.9 Å². The van der Waals surface area contributed by atoms with Crippen LogP contribution in [0.5, 0.6) is 0 Å². The number of nitrogens with zero attached hydrogens (tertiary/aromatic N) is 5. The Morgan fingerprint density at radius 3 is 3.00 bits per heavy atom. The Morgan fingerprint density at radius 1 is 1.16 bits per heavy atom. The summed E-state index contributed by atoms with van der Waals surface area (Å²) in [6, 6.07) is 6.11. The predicted molar refractivity (Wildman–Crippen MR) is 98.1 cm³/mol. The van der Waals surface area contributed by atoms with Gasteiger partial charge >= 0.3 is 0 Å². The maximum Gasteiger partial charge on any atom is 0.0922 e. The largest absolute Gasteiger partial charge is 0.347 e. The number of rotatable bonds is 4. The van der Waals surface area contributed by atoms with Crippen molar-refractivity contribution in [2.24, 2.45) is 5.92 Å². The summed E-state index contributed by atoms with van der Waals surface area (Å²) in [5.41, 5.74) is 4.50. The van der Waals surface area contributed by atoms with Crippen LogP contribution in [0.2, 0.25) is 0 Å². The lowest BCUT2D eigenvalue weighted by atomic mass is 9.98. The Bertz CT molecular complexity index is 810. The summed E-state index contributed by atoms with van der Waals surface area (Å²) in [4.78, 5) is 21.3. The van der Waals surface area contributed by atoms with Gasteiger partial charge in [0.05, 0.1) is 17.4 Å². The number of aromatic nitrogens is 4. The minimum absolute atomic E-state index is 0.572. The summed E-state index contributed by atoms with van der Waals surface area (Å²) in [5.74, 6) is 0.572. The second kappa shape index (κ2) is 7.29. The molecule has 1 unspecified atom stereocenters. The molecule has 3 aromatic heterocycles. The molecule has 3 aromatic rings. The molecule has 4 heterocycles. The molecule has 6 nitrogen and oxygen atoms in total. The van der Waals surface area contributed by atoms with Crippen molar-refractivity contribution in [1.29, 1.82) is 0 Å². The molecule has 25 heavy (non-hydrogen) atoms. The minimum atomic E-state index is 0.572. The van der Waals surface area contributed by atoms with Crippen LogP contribution in [0.4, 0.5) is 0 Å². The van der Waals surface area contributed by atoms with Crippen LogP contribution in [-0.2, 0) is 13.0 Å². The zero-order valence-electron chi connectivity index (χ0n) is 14.6. The van der Waals surface area contributed by atoms with Crippen LogP contribution in [0, 0.1) is 5.92 Å². The lowest BCUT2D eigenvalue weighted by molar-refractivity contribution is 0.246. The molecule has 1 saturated heterocycles.